The van der Waals surface area contributed by atoms with E-state index in [0.29, 0.717) is 5.92 Å². The van der Waals surface area contributed by atoms with Gasteiger partial charge in [0.05, 0.1) is 5.92 Å². The minimum absolute atomic E-state index is 0.166. The lowest BCUT2D eigenvalue weighted by molar-refractivity contribution is -0.142. The second-order valence-electron chi connectivity index (χ2n) is 5.70. The van der Waals surface area contributed by atoms with Crippen LogP contribution in [0.4, 0.5) is 0 Å². The average Bonchev–Trinajstić information content (AvgIpc) is 2.73. The van der Waals surface area contributed by atoms with Crippen molar-refractivity contribution in [3.05, 3.63) is 42.2 Å². The monoisotopic (exact) mass is 269 g/mol. The van der Waals surface area contributed by atoms with Crippen molar-refractivity contribution in [1.29, 1.82) is 0 Å². The van der Waals surface area contributed by atoms with E-state index in [2.05, 4.69) is 23.2 Å². The summed E-state index contributed by atoms with van der Waals surface area (Å²) in [7, 11) is 0. The SMILES string of the molecule is O=C(O)C1CCCC(c2cc3ccccc3cn2)CC1. The van der Waals surface area contributed by atoms with E-state index in [9.17, 15) is 4.79 Å². The number of hydrogen-bond acceptors (Lipinski definition) is 2. The molecule has 0 saturated heterocycles. The van der Waals surface area contributed by atoms with Crippen LogP contribution < -0.4 is 0 Å². The van der Waals surface area contributed by atoms with Crippen LogP contribution in [-0.4, -0.2) is 16.1 Å². The second kappa shape index (κ2) is 5.61. The number of aromatic nitrogens is 1. The van der Waals surface area contributed by atoms with Crippen molar-refractivity contribution in [1.82, 2.24) is 4.98 Å². The maximum absolute atomic E-state index is 11.1. The Morgan fingerprint density at radius 1 is 1.10 bits per heavy atom. The Bertz CT molecular complexity index is 623. The van der Waals surface area contributed by atoms with E-state index in [1.807, 2.05) is 18.3 Å². The third kappa shape index (κ3) is 2.67. The second-order valence-corrected chi connectivity index (χ2v) is 5.70. The molecular formula is C17H19NO2. The highest BCUT2D eigenvalue weighted by Crippen LogP contribution is 2.34. The molecule has 1 heterocycles. The summed E-state index contributed by atoms with van der Waals surface area (Å²) in [5.74, 6) is -0.401. The van der Waals surface area contributed by atoms with Crippen LogP contribution in [0.1, 0.15) is 43.7 Å². The van der Waals surface area contributed by atoms with Gasteiger partial charge in [0.15, 0.2) is 0 Å². The Labute approximate surface area is 118 Å². The van der Waals surface area contributed by atoms with Crippen LogP contribution in [0.2, 0.25) is 0 Å². The number of carboxylic acids is 1. The first-order valence-corrected chi connectivity index (χ1v) is 7.31. The van der Waals surface area contributed by atoms with Crippen molar-refractivity contribution in [2.75, 3.05) is 0 Å². The number of nitrogens with zero attached hydrogens (tertiary/aromatic N) is 1. The zero-order chi connectivity index (χ0) is 13.9. The van der Waals surface area contributed by atoms with E-state index in [4.69, 9.17) is 5.11 Å². The summed E-state index contributed by atoms with van der Waals surface area (Å²) in [4.78, 5) is 15.7. The fourth-order valence-corrected chi connectivity index (χ4v) is 3.17. The van der Waals surface area contributed by atoms with Crippen LogP contribution in [0.5, 0.6) is 0 Å². The van der Waals surface area contributed by atoms with Crippen molar-refractivity contribution in [2.45, 2.75) is 38.0 Å². The number of hydrogen-bond donors (Lipinski definition) is 1. The number of rotatable bonds is 2. The molecule has 1 aromatic heterocycles. The molecule has 20 heavy (non-hydrogen) atoms. The van der Waals surface area contributed by atoms with E-state index < -0.39 is 5.97 Å². The predicted octanol–water partition coefficient (Wildman–Crippen LogP) is 3.98. The van der Waals surface area contributed by atoms with Crippen LogP contribution in [0.15, 0.2) is 36.5 Å². The van der Waals surface area contributed by atoms with Crippen molar-refractivity contribution in [3.63, 3.8) is 0 Å². The van der Waals surface area contributed by atoms with Gasteiger partial charge >= 0.3 is 5.97 Å². The molecule has 104 valence electrons. The Balaban J connectivity index is 1.82. The van der Waals surface area contributed by atoms with Crippen LogP contribution in [-0.2, 0) is 4.79 Å². The average molecular weight is 269 g/mol. The molecule has 0 aliphatic heterocycles. The number of carboxylic acid groups (broad SMARTS) is 1. The molecule has 0 bridgehead atoms. The summed E-state index contributed by atoms with van der Waals surface area (Å²) in [6.45, 7) is 0. The van der Waals surface area contributed by atoms with Gasteiger partial charge in [-0.3, -0.25) is 9.78 Å². The van der Waals surface area contributed by atoms with Gasteiger partial charge < -0.3 is 5.11 Å². The Morgan fingerprint density at radius 3 is 2.70 bits per heavy atom. The lowest BCUT2D eigenvalue weighted by atomic mass is 9.94. The highest BCUT2D eigenvalue weighted by molar-refractivity contribution is 5.81. The molecule has 1 saturated carbocycles. The first-order valence-electron chi connectivity index (χ1n) is 7.31. The lowest BCUT2D eigenvalue weighted by Crippen LogP contribution is -2.12. The van der Waals surface area contributed by atoms with E-state index in [1.165, 1.54) is 5.39 Å². The minimum Gasteiger partial charge on any atom is -0.481 e. The quantitative estimate of drug-likeness (QED) is 0.839. The van der Waals surface area contributed by atoms with Gasteiger partial charge in [-0.1, -0.05) is 30.7 Å². The maximum Gasteiger partial charge on any atom is 0.306 e. The molecule has 0 spiro atoms. The number of pyridine rings is 1. The normalized spacial score (nSPS) is 23.4. The fourth-order valence-electron chi connectivity index (χ4n) is 3.17. The van der Waals surface area contributed by atoms with Gasteiger partial charge in [-0.15, -0.1) is 0 Å². The van der Waals surface area contributed by atoms with Gasteiger partial charge in [0.1, 0.15) is 0 Å². The van der Waals surface area contributed by atoms with Crippen LogP contribution >= 0.6 is 0 Å². The van der Waals surface area contributed by atoms with Crippen molar-refractivity contribution < 1.29 is 9.90 Å². The van der Waals surface area contributed by atoms with Crippen LogP contribution in [0, 0.1) is 5.92 Å². The standard InChI is InChI=1S/C17H19NO2/c19-17(20)13-7-3-6-12(8-9-13)16-10-14-4-1-2-5-15(14)11-18-16/h1-2,4-5,10-13H,3,6-9H2,(H,19,20). The summed E-state index contributed by atoms with van der Waals surface area (Å²) in [5, 5.41) is 11.5. The fraction of sp³-hybridized carbons (Fsp3) is 0.412. The number of fused-ring (bicyclic) bond motifs is 1. The van der Waals surface area contributed by atoms with E-state index >= 15 is 0 Å². The van der Waals surface area contributed by atoms with Crippen LogP contribution in [0.3, 0.4) is 0 Å². The molecule has 0 radical (unpaired) electrons. The third-order valence-corrected chi connectivity index (χ3v) is 4.39. The molecule has 2 unspecified atom stereocenters. The highest BCUT2D eigenvalue weighted by Gasteiger charge is 2.25. The van der Waals surface area contributed by atoms with Gasteiger partial charge in [0.25, 0.3) is 0 Å². The molecular weight excluding hydrogens is 250 g/mol. The molecule has 3 rings (SSSR count). The summed E-state index contributed by atoms with van der Waals surface area (Å²) < 4.78 is 0. The summed E-state index contributed by atoms with van der Waals surface area (Å²) >= 11 is 0. The Kier molecular flexibility index (Phi) is 3.68. The predicted molar refractivity (Wildman–Crippen MR) is 78.7 cm³/mol. The molecule has 1 aromatic carbocycles. The number of benzene rings is 1. The summed E-state index contributed by atoms with van der Waals surface area (Å²) in [6.07, 6.45) is 6.48. The molecule has 1 N–H and O–H groups in total. The Morgan fingerprint density at radius 2 is 1.90 bits per heavy atom. The number of carbonyl (C=O) groups is 1. The van der Waals surface area contributed by atoms with Crippen molar-refractivity contribution >= 4 is 16.7 Å². The first kappa shape index (κ1) is 13.1. The van der Waals surface area contributed by atoms with E-state index in [0.717, 1.165) is 43.2 Å². The summed E-state index contributed by atoms with van der Waals surface area (Å²) in [5.41, 5.74) is 1.12. The van der Waals surface area contributed by atoms with Crippen molar-refractivity contribution in [3.8, 4) is 0 Å². The third-order valence-electron chi connectivity index (χ3n) is 4.39. The maximum atomic E-state index is 11.1. The molecule has 0 amide bonds. The molecule has 3 heteroatoms. The van der Waals surface area contributed by atoms with E-state index in [-0.39, 0.29) is 5.92 Å². The van der Waals surface area contributed by atoms with Gasteiger partial charge in [-0.25, -0.2) is 0 Å². The largest absolute Gasteiger partial charge is 0.481 e. The van der Waals surface area contributed by atoms with Crippen LogP contribution in [0.25, 0.3) is 10.8 Å². The highest BCUT2D eigenvalue weighted by atomic mass is 16.4. The van der Waals surface area contributed by atoms with E-state index in [1.54, 1.807) is 0 Å². The smallest absolute Gasteiger partial charge is 0.306 e. The first-order chi connectivity index (χ1) is 9.74. The Hall–Kier alpha value is -1.90. The molecule has 1 aliphatic rings. The molecule has 3 nitrogen and oxygen atoms in total. The summed E-state index contributed by atoms with van der Waals surface area (Å²) in [6, 6.07) is 10.4. The van der Waals surface area contributed by atoms with Gasteiger partial charge in [0, 0.05) is 23.2 Å². The van der Waals surface area contributed by atoms with Gasteiger partial charge in [-0.2, -0.15) is 0 Å². The molecule has 1 fully saturated rings. The zero-order valence-electron chi connectivity index (χ0n) is 11.5. The molecule has 1 aliphatic carbocycles. The minimum atomic E-state index is -0.642. The molecule has 2 aromatic rings. The number of aliphatic carboxylic acids is 1. The van der Waals surface area contributed by atoms with Gasteiger partial charge in [-0.05, 0) is 37.1 Å². The molecule has 2 atom stereocenters. The van der Waals surface area contributed by atoms with Gasteiger partial charge in [0.2, 0.25) is 0 Å². The zero-order valence-corrected chi connectivity index (χ0v) is 11.5. The topological polar surface area (TPSA) is 50.2 Å². The lowest BCUT2D eigenvalue weighted by Gasteiger charge is -2.14. The van der Waals surface area contributed by atoms with Crippen molar-refractivity contribution in [2.24, 2.45) is 5.92 Å².